The van der Waals surface area contributed by atoms with Crippen LogP contribution < -0.4 is 10.1 Å². The maximum absolute atomic E-state index is 12.1. The minimum absolute atomic E-state index is 0.196. The summed E-state index contributed by atoms with van der Waals surface area (Å²) in [4.78, 5) is 0. The lowest BCUT2D eigenvalue weighted by Crippen LogP contribution is -2.08. The molecule has 1 aromatic carbocycles. The molecule has 0 radical (unpaired) electrons. The zero-order valence-corrected chi connectivity index (χ0v) is 9.54. The zero-order chi connectivity index (χ0) is 12.0. The lowest BCUT2D eigenvalue weighted by Gasteiger charge is -2.13. The number of rotatable bonds is 6. The fourth-order valence-corrected chi connectivity index (χ4v) is 1.31. The normalized spacial score (nSPS) is 10.9. The number of hydrogen-bond acceptors (Lipinski definition) is 2. The summed E-state index contributed by atoms with van der Waals surface area (Å²) in [5, 5.41) is 3.09. The maximum atomic E-state index is 12.1. The lowest BCUT2D eigenvalue weighted by molar-refractivity contribution is -0.0493. The summed E-state index contributed by atoms with van der Waals surface area (Å²) in [6, 6.07) is 6.73. The van der Waals surface area contributed by atoms with Gasteiger partial charge < -0.3 is 10.1 Å². The molecule has 0 fully saturated rings. The van der Waals surface area contributed by atoms with Crippen molar-refractivity contribution in [3.05, 3.63) is 24.3 Å². The third-order valence-electron chi connectivity index (χ3n) is 2.14. The van der Waals surface area contributed by atoms with Crippen molar-refractivity contribution in [2.45, 2.75) is 26.9 Å². The molecule has 1 aromatic rings. The Labute approximate surface area is 94.6 Å². The number of nitrogens with one attached hydrogen (secondary N) is 1. The Morgan fingerprint density at radius 3 is 2.56 bits per heavy atom. The molecular formula is C12H17F2NO. The van der Waals surface area contributed by atoms with Crippen molar-refractivity contribution in [2.75, 3.05) is 11.9 Å². The van der Waals surface area contributed by atoms with Crippen LogP contribution in [0.25, 0.3) is 0 Å². The Morgan fingerprint density at radius 2 is 1.94 bits per heavy atom. The SMILES string of the molecule is CC(C)CCNc1ccccc1OC(F)F. The van der Waals surface area contributed by atoms with E-state index in [-0.39, 0.29) is 5.75 Å². The average Bonchev–Trinajstić information content (AvgIpc) is 2.19. The van der Waals surface area contributed by atoms with E-state index in [0.29, 0.717) is 11.6 Å². The highest BCUT2D eigenvalue weighted by Gasteiger charge is 2.08. The number of benzene rings is 1. The van der Waals surface area contributed by atoms with Crippen LogP contribution in [0.1, 0.15) is 20.3 Å². The summed E-state index contributed by atoms with van der Waals surface area (Å²) in [7, 11) is 0. The lowest BCUT2D eigenvalue weighted by atomic mass is 10.1. The van der Waals surface area contributed by atoms with E-state index in [9.17, 15) is 8.78 Å². The van der Waals surface area contributed by atoms with E-state index in [4.69, 9.17) is 0 Å². The molecule has 4 heteroatoms. The largest absolute Gasteiger partial charge is 0.433 e. The molecule has 0 unspecified atom stereocenters. The van der Waals surface area contributed by atoms with Crippen LogP contribution in [-0.4, -0.2) is 13.2 Å². The van der Waals surface area contributed by atoms with Gasteiger partial charge in [0, 0.05) is 6.54 Å². The predicted octanol–water partition coefficient (Wildman–Crippen LogP) is 3.75. The summed E-state index contributed by atoms with van der Waals surface area (Å²) in [6.07, 6.45) is 0.989. The Hall–Kier alpha value is -1.32. The second kappa shape index (κ2) is 6.30. The van der Waals surface area contributed by atoms with E-state index in [0.717, 1.165) is 13.0 Å². The maximum Gasteiger partial charge on any atom is 0.387 e. The van der Waals surface area contributed by atoms with Crippen LogP contribution in [0.15, 0.2) is 24.3 Å². The Morgan fingerprint density at radius 1 is 1.25 bits per heavy atom. The van der Waals surface area contributed by atoms with Crippen molar-refractivity contribution in [3.8, 4) is 5.75 Å². The smallest absolute Gasteiger partial charge is 0.387 e. The van der Waals surface area contributed by atoms with E-state index in [1.807, 2.05) is 0 Å². The number of hydrogen-bond donors (Lipinski definition) is 1. The van der Waals surface area contributed by atoms with Gasteiger partial charge >= 0.3 is 6.61 Å². The zero-order valence-electron chi connectivity index (χ0n) is 9.54. The molecule has 0 aliphatic heterocycles. The highest BCUT2D eigenvalue weighted by Crippen LogP contribution is 2.25. The number of halogens is 2. The minimum atomic E-state index is -2.78. The molecule has 16 heavy (non-hydrogen) atoms. The first-order valence-corrected chi connectivity index (χ1v) is 5.37. The van der Waals surface area contributed by atoms with Crippen LogP contribution in [0, 0.1) is 5.92 Å². The van der Waals surface area contributed by atoms with Crippen molar-refractivity contribution in [1.29, 1.82) is 0 Å². The van der Waals surface area contributed by atoms with Gasteiger partial charge in [-0.1, -0.05) is 26.0 Å². The van der Waals surface area contributed by atoms with Crippen LogP contribution in [0.2, 0.25) is 0 Å². The predicted molar refractivity (Wildman–Crippen MR) is 61.0 cm³/mol. The van der Waals surface area contributed by atoms with Gasteiger partial charge in [-0.2, -0.15) is 8.78 Å². The van der Waals surface area contributed by atoms with Gasteiger partial charge in [-0.3, -0.25) is 0 Å². The van der Waals surface area contributed by atoms with Crippen LogP contribution in [-0.2, 0) is 0 Å². The van der Waals surface area contributed by atoms with Gasteiger partial charge in [0.25, 0.3) is 0 Å². The van der Waals surface area contributed by atoms with Crippen LogP contribution >= 0.6 is 0 Å². The number of para-hydroxylation sites is 2. The molecule has 90 valence electrons. The number of alkyl halides is 2. The molecule has 0 spiro atoms. The van der Waals surface area contributed by atoms with Gasteiger partial charge in [-0.15, -0.1) is 0 Å². The summed E-state index contributed by atoms with van der Waals surface area (Å²) in [5.41, 5.74) is 0.614. The standard InChI is InChI=1S/C12H17F2NO/c1-9(2)7-8-15-10-5-3-4-6-11(10)16-12(13)14/h3-6,9,12,15H,7-8H2,1-2H3. The molecule has 0 aliphatic rings. The molecule has 0 saturated carbocycles. The Kier molecular flexibility index (Phi) is 5.02. The summed E-state index contributed by atoms with van der Waals surface area (Å²) < 4.78 is 28.6. The summed E-state index contributed by atoms with van der Waals surface area (Å²) in [6.45, 7) is 2.20. The monoisotopic (exact) mass is 229 g/mol. The number of ether oxygens (including phenoxy) is 1. The molecule has 0 heterocycles. The second-order valence-corrected chi connectivity index (χ2v) is 3.98. The summed E-state index contributed by atoms with van der Waals surface area (Å²) >= 11 is 0. The third-order valence-corrected chi connectivity index (χ3v) is 2.14. The molecule has 2 nitrogen and oxygen atoms in total. The second-order valence-electron chi connectivity index (χ2n) is 3.98. The molecule has 1 rings (SSSR count). The fraction of sp³-hybridized carbons (Fsp3) is 0.500. The first kappa shape index (κ1) is 12.7. The highest BCUT2D eigenvalue weighted by molar-refractivity contribution is 5.56. The molecule has 1 N–H and O–H groups in total. The van der Waals surface area contributed by atoms with Gasteiger partial charge in [0.05, 0.1) is 5.69 Å². The summed E-state index contributed by atoms with van der Waals surface area (Å²) in [5.74, 6) is 0.775. The van der Waals surface area contributed by atoms with E-state index < -0.39 is 6.61 Å². The first-order chi connectivity index (χ1) is 7.59. The fourth-order valence-electron chi connectivity index (χ4n) is 1.31. The Balaban J connectivity index is 2.56. The van der Waals surface area contributed by atoms with Gasteiger partial charge in [0.2, 0.25) is 0 Å². The van der Waals surface area contributed by atoms with Crippen LogP contribution in [0.4, 0.5) is 14.5 Å². The van der Waals surface area contributed by atoms with Crippen molar-refractivity contribution in [3.63, 3.8) is 0 Å². The molecule has 0 atom stereocenters. The quantitative estimate of drug-likeness (QED) is 0.802. The van der Waals surface area contributed by atoms with Gasteiger partial charge in [0.1, 0.15) is 5.75 Å². The van der Waals surface area contributed by atoms with Crippen molar-refractivity contribution < 1.29 is 13.5 Å². The molecule has 0 aromatic heterocycles. The van der Waals surface area contributed by atoms with E-state index >= 15 is 0 Å². The topological polar surface area (TPSA) is 21.3 Å². The van der Waals surface area contributed by atoms with E-state index in [1.165, 1.54) is 6.07 Å². The molecule has 0 aliphatic carbocycles. The van der Waals surface area contributed by atoms with Crippen LogP contribution in [0.3, 0.4) is 0 Å². The van der Waals surface area contributed by atoms with Crippen molar-refractivity contribution in [2.24, 2.45) is 5.92 Å². The molecule has 0 bridgehead atoms. The van der Waals surface area contributed by atoms with Gasteiger partial charge in [0.15, 0.2) is 0 Å². The molecular weight excluding hydrogens is 212 g/mol. The molecule has 0 amide bonds. The van der Waals surface area contributed by atoms with Gasteiger partial charge in [-0.25, -0.2) is 0 Å². The number of anilines is 1. The Bertz CT molecular complexity index is 316. The van der Waals surface area contributed by atoms with E-state index in [1.54, 1.807) is 18.2 Å². The van der Waals surface area contributed by atoms with Gasteiger partial charge in [-0.05, 0) is 24.5 Å². The third kappa shape index (κ3) is 4.47. The molecule has 0 saturated heterocycles. The van der Waals surface area contributed by atoms with Crippen LogP contribution in [0.5, 0.6) is 5.75 Å². The van der Waals surface area contributed by atoms with Crippen molar-refractivity contribution in [1.82, 2.24) is 0 Å². The van der Waals surface area contributed by atoms with Crippen molar-refractivity contribution >= 4 is 5.69 Å². The minimum Gasteiger partial charge on any atom is -0.433 e. The first-order valence-electron chi connectivity index (χ1n) is 5.37. The highest BCUT2D eigenvalue weighted by atomic mass is 19.3. The average molecular weight is 229 g/mol. The van der Waals surface area contributed by atoms with E-state index in [2.05, 4.69) is 23.9 Å².